The molecule has 1 atom stereocenters. The Balaban J connectivity index is -0.00000338. The van der Waals surface area contributed by atoms with Crippen molar-refractivity contribution in [3.8, 4) is 0 Å². The number of unbranched alkanes of at least 4 members (excludes halogenated alkanes) is 11. The first-order valence-corrected chi connectivity index (χ1v) is 12.1. The molecule has 29 heavy (non-hydrogen) atoms. The van der Waals surface area contributed by atoms with Crippen LogP contribution < -0.4 is 5.73 Å². The molecule has 0 aromatic carbocycles. The van der Waals surface area contributed by atoms with Crippen molar-refractivity contribution in [1.29, 1.82) is 0 Å². The summed E-state index contributed by atoms with van der Waals surface area (Å²) in [6.45, 7) is 3.04. The van der Waals surface area contributed by atoms with E-state index in [4.69, 9.17) is 5.73 Å². The number of nitrogens with two attached hydrogens (primary N) is 1. The summed E-state index contributed by atoms with van der Waals surface area (Å²) in [5, 5.41) is 0. The van der Waals surface area contributed by atoms with Crippen molar-refractivity contribution in [3.63, 3.8) is 0 Å². The normalized spacial score (nSPS) is 13.5. The molecule has 0 bridgehead atoms. The third kappa shape index (κ3) is 16.6. The number of hydrogen-bond donors (Lipinski definition) is 2. The number of allylic oxidation sites excluding steroid dienone is 2. The molecule has 0 heterocycles. The first-order valence-electron chi connectivity index (χ1n) is 10.6. The number of carbonyl (C=O) groups excluding carboxylic acids is 1. The average molecular weight is 452 g/mol. The van der Waals surface area contributed by atoms with Gasteiger partial charge in [-0.3, -0.25) is 9.35 Å². The minimum atomic E-state index is -4.47. The first kappa shape index (κ1) is 34.9. The van der Waals surface area contributed by atoms with Crippen LogP contribution in [0.15, 0.2) is 12.2 Å². The number of rotatable bonds is 18. The summed E-state index contributed by atoms with van der Waals surface area (Å²) in [6.07, 6.45) is 19.8. The molecule has 0 radical (unpaired) electrons. The summed E-state index contributed by atoms with van der Waals surface area (Å²) in [6, 6.07) is 0. The monoisotopic (exact) mass is 451 g/mol. The summed E-state index contributed by atoms with van der Waals surface area (Å²) < 4.78 is 30.0. The van der Waals surface area contributed by atoms with Crippen LogP contribution in [-0.2, 0) is 14.9 Å². The van der Waals surface area contributed by atoms with Gasteiger partial charge in [0.2, 0.25) is 0 Å². The summed E-state index contributed by atoms with van der Waals surface area (Å²) in [5.74, 6) is -0.495. The number of carbonyl (C=O) groups is 1. The van der Waals surface area contributed by atoms with Gasteiger partial charge in [0, 0.05) is 13.0 Å². The molecule has 0 aliphatic carbocycles. The molecular formula is C21H43NNa2O4S. The van der Waals surface area contributed by atoms with E-state index in [9.17, 15) is 17.8 Å². The van der Waals surface area contributed by atoms with E-state index in [-0.39, 0.29) is 65.5 Å². The Bertz CT molecular complexity index is 527. The van der Waals surface area contributed by atoms with Gasteiger partial charge in [-0.25, -0.2) is 0 Å². The number of Topliss-reactive ketones (excluding diaryl/α,β-unsaturated/α-hetero) is 1. The SMILES string of the molecule is CCCCCCCC/C=C\CCCCCCCC(=O)C(C)(CN)S(=O)(=O)O.[NaH].[NaH]. The van der Waals surface area contributed by atoms with Crippen molar-refractivity contribution < 1.29 is 17.8 Å². The summed E-state index contributed by atoms with van der Waals surface area (Å²) in [5.41, 5.74) is 5.38. The standard InChI is InChI=1S/C21H41NO4S.2Na.2H/c1-3-4-5-6-7-8-9-10-11-12-13-14-15-16-17-18-20(23)21(2,19-22)27(24,25)26;;;;/h10-11H,3-9,12-19,22H2,1-2H3,(H,24,25,26);;;;/b11-10-;;;;. The van der Waals surface area contributed by atoms with Crippen LogP contribution in [-0.4, -0.2) is 89.2 Å². The van der Waals surface area contributed by atoms with Crippen LogP contribution in [0.1, 0.15) is 104 Å². The van der Waals surface area contributed by atoms with Gasteiger partial charge in [-0.15, -0.1) is 0 Å². The Kier molecular flexibility index (Phi) is 25.4. The van der Waals surface area contributed by atoms with E-state index in [1.54, 1.807) is 0 Å². The maximum atomic E-state index is 12.0. The van der Waals surface area contributed by atoms with Crippen LogP contribution >= 0.6 is 0 Å². The second-order valence-electron chi connectivity index (χ2n) is 7.67. The maximum absolute atomic E-state index is 12.0. The Hall–Kier alpha value is 1.28. The van der Waals surface area contributed by atoms with Gasteiger partial charge in [0.1, 0.15) is 0 Å². The fraction of sp³-hybridized carbons (Fsp3) is 0.857. The number of ketones is 1. The zero-order valence-electron chi connectivity index (χ0n) is 17.4. The van der Waals surface area contributed by atoms with E-state index in [0.717, 1.165) is 32.1 Å². The van der Waals surface area contributed by atoms with Gasteiger partial charge in [-0.05, 0) is 39.0 Å². The fourth-order valence-electron chi connectivity index (χ4n) is 2.98. The van der Waals surface area contributed by atoms with Crippen molar-refractivity contribution in [3.05, 3.63) is 12.2 Å². The summed E-state index contributed by atoms with van der Waals surface area (Å²) >= 11 is 0. The molecular weight excluding hydrogens is 408 g/mol. The Morgan fingerprint density at radius 3 is 1.69 bits per heavy atom. The second kappa shape index (κ2) is 21.1. The van der Waals surface area contributed by atoms with Gasteiger partial charge in [0.05, 0.1) is 0 Å². The Labute approximate surface area is 223 Å². The average Bonchev–Trinajstić information content (AvgIpc) is 2.62. The molecule has 0 spiro atoms. The molecule has 1 unspecified atom stereocenters. The molecule has 0 saturated heterocycles. The van der Waals surface area contributed by atoms with Gasteiger partial charge in [-0.2, -0.15) is 8.42 Å². The molecule has 0 rings (SSSR count). The molecule has 3 N–H and O–H groups in total. The minimum absolute atomic E-state index is 0. The molecule has 0 amide bonds. The molecule has 5 nitrogen and oxygen atoms in total. The van der Waals surface area contributed by atoms with E-state index in [0.29, 0.717) is 6.42 Å². The van der Waals surface area contributed by atoms with Gasteiger partial charge in [0.15, 0.2) is 10.5 Å². The second-order valence-corrected chi connectivity index (χ2v) is 9.52. The molecule has 8 heteroatoms. The van der Waals surface area contributed by atoms with Gasteiger partial charge < -0.3 is 5.73 Å². The topological polar surface area (TPSA) is 97.5 Å². The van der Waals surface area contributed by atoms with E-state index in [2.05, 4.69) is 19.1 Å². The molecule has 0 aromatic heterocycles. The van der Waals surface area contributed by atoms with Crippen LogP contribution in [0.3, 0.4) is 0 Å². The van der Waals surface area contributed by atoms with Crippen molar-refractivity contribution >= 4 is 75.0 Å². The van der Waals surface area contributed by atoms with Crippen LogP contribution in [0.25, 0.3) is 0 Å². The zero-order chi connectivity index (χ0) is 20.6. The van der Waals surface area contributed by atoms with E-state index in [1.807, 2.05) is 0 Å². The summed E-state index contributed by atoms with van der Waals surface area (Å²) in [7, 11) is -4.47. The predicted molar refractivity (Wildman–Crippen MR) is 128 cm³/mol. The number of hydrogen-bond acceptors (Lipinski definition) is 4. The fourth-order valence-corrected chi connectivity index (χ4v) is 3.58. The Morgan fingerprint density at radius 1 is 0.862 bits per heavy atom. The van der Waals surface area contributed by atoms with Crippen LogP contribution in [0, 0.1) is 0 Å². The molecule has 0 aliphatic rings. The first-order chi connectivity index (χ1) is 12.8. The van der Waals surface area contributed by atoms with Gasteiger partial charge in [0.25, 0.3) is 10.1 Å². The van der Waals surface area contributed by atoms with E-state index >= 15 is 0 Å². The van der Waals surface area contributed by atoms with Crippen molar-refractivity contribution in [2.24, 2.45) is 5.73 Å². The van der Waals surface area contributed by atoms with Gasteiger partial charge in [-0.1, -0.05) is 70.4 Å². The van der Waals surface area contributed by atoms with Crippen LogP contribution in [0.2, 0.25) is 0 Å². The quantitative estimate of drug-likeness (QED) is 0.143. The molecule has 0 aromatic rings. The third-order valence-corrected chi connectivity index (χ3v) is 6.75. The molecule has 0 fully saturated rings. The predicted octanol–water partition coefficient (Wildman–Crippen LogP) is 3.90. The van der Waals surface area contributed by atoms with Crippen molar-refractivity contribution in [2.45, 2.75) is 108 Å². The summed E-state index contributed by atoms with van der Waals surface area (Å²) in [4.78, 5) is 12.0. The van der Waals surface area contributed by atoms with Gasteiger partial charge >= 0.3 is 59.1 Å². The van der Waals surface area contributed by atoms with E-state index < -0.39 is 27.2 Å². The third-order valence-electron chi connectivity index (χ3n) is 5.21. The van der Waals surface area contributed by atoms with Crippen molar-refractivity contribution in [2.75, 3.05) is 6.54 Å². The van der Waals surface area contributed by atoms with Crippen LogP contribution in [0.4, 0.5) is 0 Å². The molecule has 0 aliphatic heterocycles. The zero-order valence-corrected chi connectivity index (χ0v) is 18.2. The van der Waals surface area contributed by atoms with Crippen molar-refractivity contribution in [1.82, 2.24) is 0 Å². The molecule has 0 saturated carbocycles. The molecule has 164 valence electrons. The van der Waals surface area contributed by atoms with E-state index in [1.165, 1.54) is 51.9 Å². The van der Waals surface area contributed by atoms with Crippen LogP contribution in [0.5, 0.6) is 0 Å². The Morgan fingerprint density at radius 2 is 1.28 bits per heavy atom.